The lowest BCUT2D eigenvalue weighted by Crippen LogP contribution is -2.55. The second kappa shape index (κ2) is 4.12. The quantitative estimate of drug-likeness (QED) is 0.887. The van der Waals surface area contributed by atoms with Crippen molar-refractivity contribution in [1.82, 2.24) is 9.47 Å². The van der Waals surface area contributed by atoms with Crippen LogP contribution >= 0.6 is 0 Å². The van der Waals surface area contributed by atoms with Gasteiger partial charge in [-0.15, -0.1) is 0 Å². The van der Waals surface area contributed by atoms with E-state index in [9.17, 15) is 9.59 Å². The summed E-state index contributed by atoms with van der Waals surface area (Å²) < 4.78 is 1.94. The Morgan fingerprint density at radius 2 is 2.11 bits per heavy atom. The second-order valence-corrected chi connectivity index (χ2v) is 4.84. The summed E-state index contributed by atoms with van der Waals surface area (Å²) in [5, 5.41) is 10.1. The number of carboxylic acid groups (broad SMARTS) is 1. The van der Waals surface area contributed by atoms with E-state index in [2.05, 4.69) is 0 Å². The number of hydrogen-bond acceptors (Lipinski definition) is 2. The van der Waals surface area contributed by atoms with Gasteiger partial charge < -0.3 is 14.6 Å². The van der Waals surface area contributed by atoms with Gasteiger partial charge in [0.15, 0.2) is 0 Å². The molecule has 0 radical (unpaired) electrons. The van der Waals surface area contributed by atoms with Crippen LogP contribution in [0.2, 0.25) is 0 Å². The number of benzene rings is 1. The van der Waals surface area contributed by atoms with Crippen LogP contribution in [0.1, 0.15) is 16.8 Å². The topological polar surface area (TPSA) is 62.5 Å². The average molecular weight is 258 g/mol. The molecular weight excluding hydrogens is 244 g/mol. The molecule has 2 heterocycles. The van der Waals surface area contributed by atoms with Crippen LogP contribution < -0.4 is 0 Å². The number of aliphatic carboxylic acids is 1. The van der Waals surface area contributed by atoms with Crippen LogP contribution in [0.5, 0.6) is 0 Å². The first-order valence-corrected chi connectivity index (χ1v) is 6.17. The van der Waals surface area contributed by atoms with Gasteiger partial charge in [-0.3, -0.25) is 4.79 Å². The molecule has 1 amide bonds. The number of carboxylic acids is 1. The molecule has 0 bridgehead atoms. The lowest BCUT2D eigenvalue weighted by molar-refractivity contribution is -0.146. The minimum Gasteiger partial charge on any atom is -0.480 e. The Labute approximate surface area is 110 Å². The maximum absolute atomic E-state index is 12.3. The van der Waals surface area contributed by atoms with Crippen LogP contribution in [0.25, 0.3) is 10.9 Å². The molecule has 1 aromatic carbocycles. The summed E-state index contributed by atoms with van der Waals surface area (Å²) >= 11 is 0. The van der Waals surface area contributed by atoms with Crippen LogP contribution in [0.4, 0.5) is 0 Å². The second-order valence-electron chi connectivity index (χ2n) is 4.84. The molecule has 1 aliphatic rings. The minimum absolute atomic E-state index is 0.207. The minimum atomic E-state index is -0.931. The van der Waals surface area contributed by atoms with E-state index in [4.69, 9.17) is 5.11 Å². The fraction of sp³-hybridized carbons (Fsp3) is 0.286. The van der Waals surface area contributed by atoms with Crippen molar-refractivity contribution in [2.75, 3.05) is 6.54 Å². The van der Waals surface area contributed by atoms with E-state index >= 15 is 0 Å². The summed E-state index contributed by atoms with van der Waals surface area (Å²) in [5.41, 5.74) is 1.51. The van der Waals surface area contributed by atoms with Gasteiger partial charge in [-0.2, -0.15) is 0 Å². The molecule has 1 atom stereocenters. The summed E-state index contributed by atoms with van der Waals surface area (Å²) in [7, 11) is 1.92. The molecule has 5 heteroatoms. The van der Waals surface area contributed by atoms with E-state index in [1.165, 1.54) is 4.90 Å². The van der Waals surface area contributed by atoms with Crippen molar-refractivity contribution in [2.45, 2.75) is 12.5 Å². The number of carbonyl (C=O) groups excluding carboxylic acids is 1. The Kier molecular flexibility index (Phi) is 2.55. The van der Waals surface area contributed by atoms with Gasteiger partial charge in [0.25, 0.3) is 5.91 Å². The van der Waals surface area contributed by atoms with Crippen LogP contribution in [0.15, 0.2) is 30.5 Å². The molecule has 0 unspecified atom stereocenters. The number of carbonyl (C=O) groups is 2. The van der Waals surface area contributed by atoms with Gasteiger partial charge in [0.05, 0.1) is 0 Å². The van der Waals surface area contributed by atoms with Crippen molar-refractivity contribution in [1.29, 1.82) is 0 Å². The third kappa shape index (κ3) is 1.78. The first kappa shape index (κ1) is 11.8. The maximum atomic E-state index is 12.3. The lowest BCUT2D eigenvalue weighted by atomic mass is 10.0. The molecule has 5 nitrogen and oxygen atoms in total. The van der Waals surface area contributed by atoms with Crippen molar-refractivity contribution in [2.24, 2.45) is 7.05 Å². The average Bonchev–Trinajstić information content (AvgIpc) is 2.68. The van der Waals surface area contributed by atoms with E-state index < -0.39 is 12.0 Å². The molecule has 1 saturated heterocycles. The first-order chi connectivity index (χ1) is 9.08. The predicted octanol–water partition coefficient (Wildman–Crippen LogP) is 1.48. The number of aromatic nitrogens is 1. The Hall–Kier alpha value is -2.30. The zero-order chi connectivity index (χ0) is 13.6. The van der Waals surface area contributed by atoms with E-state index in [0.717, 1.165) is 10.9 Å². The van der Waals surface area contributed by atoms with Crippen molar-refractivity contribution in [3.8, 4) is 0 Å². The van der Waals surface area contributed by atoms with Gasteiger partial charge in [-0.05, 0) is 30.0 Å². The maximum Gasteiger partial charge on any atom is 0.326 e. The third-order valence-corrected chi connectivity index (χ3v) is 3.70. The number of amides is 1. The van der Waals surface area contributed by atoms with E-state index in [-0.39, 0.29) is 5.91 Å². The van der Waals surface area contributed by atoms with Crippen LogP contribution in [0.3, 0.4) is 0 Å². The first-order valence-electron chi connectivity index (χ1n) is 6.17. The smallest absolute Gasteiger partial charge is 0.326 e. The lowest BCUT2D eigenvalue weighted by Gasteiger charge is -2.37. The summed E-state index contributed by atoms with van der Waals surface area (Å²) in [5.74, 6) is -1.14. The highest BCUT2D eigenvalue weighted by molar-refractivity contribution is 6.00. The van der Waals surface area contributed by atoms with Crippen molar-refractivity contribution < 1.29 is 14.7 Å². The fourth-order valence-corrected chi connectivity index (χ4v) is 2.45. The molecule has 1 fully saturated rings. The van der Waals surface area contributed by atoms with Gasteiger partial charge in [0.2, 0.25) is 0 Å². The monoisotopic (exact) mass is 258 g/mol. The molecule has 0 spiro atoms. The van der Waals surface area contributed by atoms with Gasteiger partial charge in [0, 0.05) is 30.9 Å². The van der Waals surface area contributed by atoms with Gasteiger partial charge in [-0.1, -0.05) is 6.07 Å². The number of hydrogen-bond donors (Lipinski definition) is 1. The van der Waals surface area contributed by atoms with Crippen molar-refractivity contribution >= 4 is 22.8 Å². The van der Waals surface area contributed by atoms with E-state index in [1.54, 1.807) is 6.07 Å². The largest absolute Gasteiger partial charge is 0.480 e. The molecule has 0 saturated carbocycles. The predicted molar refractivity (Wildman–Crippen MR) is 70.0 cm³/mol. The Morgan fingerprint density at radius 1 is 1.32 bits per heavy atom. The molecule has 98 valence electrons. The molecule has 1 aliphatic heterocycles. The number of rotatable bonds is 2. The summed E-state index contributed by atoms with van der Waals surface area (Å²) in [6, 6.07) is 6.76. The van der Waals surface area contributed by atoms with Gasteiger partial charge in [-0.25, -0.2) is 4.79 Å². The van der Waals surface area contributed by atoms with Crippen molar-refractivity contribution in [3.63, 3.8) is 0 Å². The van der Waals surface area contributed by atoms with Gasteiger partial charge in [0.1, 0.15) is 6.04 Å². The number of likely N-dealkylation sites (tertiary alicyclic amines) is 1. The van der Waals surface area contributed by atoms with Crippen molar-refractivity contribution in [3.05, 3.63) is 36.0 Å². The highest BCUT2D eigenvalue weighted by Gasteiger charge is 2.37. The normalized spacial score (nSPS) is 18.4. The van der Waals surface area contributed by atoms with E-state index in [0.29, 0.717) is 18.5 Å². The van der Waals surface area contributed by atoms with Gasteiger partial charge >= 0.3 is 5.97 Å². The highest BCUT2D eigenvalue weighted by atomic mass is 16.4. The Balaban J connectivity index is 1.93. The molecule has 0 aliphatic carbocycles. The molecular formula is C14H14N2O3. The number of nitrogens with zero attached hydrogens (tertiary/aromatic N) is 2. The molecule has 3 rings (SSSR count). The summed E-state index contributed by atoms with van der Waals surface area (Å²) in [6.45, 7) is 0.515. The SMILES string of the molecule is Cn1ccc2ccc(C(=O)N3CC[C@@H]3C(=O)O)cc21. The standard InChI is InChI=1S/C14H14N2O3/c1-15-6-4-9-2-3-10(8-12(9)15)13(17)16-7-5-11(16)14(18)19/h2-4,6,8,11H,5,7H2,1H3,(H,18,19)/t11-/m1/s1. The number of aryl methyl sites for hydroxylation is 1. The molecule has 1 aromatic heterocycles. The number of fused-ring (bicyclic) bond motifs is 1. The Morgan fingerprint density at radius 3 is 2.74 bits per heavy atom. The molecule has 1 N–H and O–H groups in total. The van der Waals surface area contributed by atoms with Crippen LogP contribution in [-0.4, -0.2) is 39.0 Å². The third-order valence-electron chi connectivity index (χ3n) is 3.70. The van der Waals surface area contributed by atoms with E-state index in [1.807, 2.05) is 36.0 Å². The summed E-state index contributed by atoms with van der Waals surface area (Å²) in [6.07, 6.45) is 2.47. The molecule has 2 aromatic rings. The zero-order valence-electron chi connectivity index (χ0n) is 10.5. The molecule has 19 heavy (non-hydrogen) atoms. The van der Waals surface area contributed by atoms with Crippen LogP contribution in [-0.2, 0) is 11.8 Å². The Bertz CT molecular complexity index is 674. The van der Waals surface area contributed by atoms with Crippen LogP contribution in [0, 0.1) is 0 Å². The zero-order valence-corrected chi connectivity index (χ0v) is 10.5. The highest BCUT2D eigenvalue weighted by Crippen LogP contribution is 2.23. The summed E-state index contributed by atoms with van der Waals surface area (Å²) in [4.78, 5) is 24.6. The fourth-order valence-electron chi connectivity index (χ4n) is 2.45.